The predicted octanol–water partition coefficient (Wildman–Crippen LogP) is 1.76. The Morgan fingerprint density at radius 1 is 1.23 bits per heavy atom. The van der Waals surface area contributed by atoms with Crippen LogP contribution in [0.5, 0.6) is 0 Å². The summed E-state index contributed by atoms with van der Waals surface area (Å²) >= 11 is 0. The van der Waals surface area contributed by atoms with Crippen molar-refractivity contribution in [2.75, 3.05) is 14.1 Å². The lowest BCUT2D eigenvalue weighted by molar-refractivity contribution is -0.139. The van der Waals surface area contributed by atoms with E-state index in [-0.39, 0.29) is 11.5 Å². The molecule has 0 aliphatic heterocycles. The highest BCUT2D eigenvalue weighted by molar-refractivity contribution is 6.00. The van der Waals surface area contributed by atoms with Gasteiger partial charge in [0, 0.05) is 25.2 Å². The Morgan fingerprint density at radius 3 is 2.41 bits per heavy atom. The van der Waals surface area contributed by atoms with Gasteiger partial charge in [0.1, 0.15) is 6.04 Å². The number of hydrogen-bond donors (Lipinski definition) is 2. The average Bonchev–Trinajstić information content (AvgIpc) is 2.50. The zero-order valence-corrected chi connectivity index (χ0v) is 13.1. The van der Waals surface area contributed by atoms with E-state index < -0.39 is 17.9 Å². The molecular formula is C16H22N2O4. The Bertz CT molecular complexity index is 555. The molecule has 0 saturated heterocycles. The van der Waals surface area contributed by atoms with Crippen molar-refractivity contribution >= 4 is 17.8 Å². The molecule has 0 bridgehead atoms. The third-order valence-electron chi connectivity index (χ3n) is 3.23. The van der Waals surface area contributed by atoms with E-state index in [1.165, 1.54) is 11.0 Å². The molecule has 1 aromatic rings. The lowest BCUT2D eigenvalue weighted by Gasteiger charge is -2.15. The normalized spacial score (nSPS) is 11.6. The molecule has 6 nitrogen and oxygen atoms in total. The molecule has 2 N–H and O–H groups in total. The predicted molar refractivity (Wildman–Crippen MR) is 82.9 cm³/mol. The number of nitrogens with zero attached hydrogens (tertiary/aromatic N) is 1. The minimum Gasteiger partial charge on any atom is -0.480 e. The van der Waals surface area contributed by atoms with E-state index in [2.05, 4.69) is 5.32 Å². The maximum Gasteiger partial charge on any atom is 0.326 e. The van der Waals surface area contributed by atoms with Crippen molar-refractivity contribution < 1.29 is 19.5 Å². The second-order valence-electron chi connectivity index (χ2n) is 5.29. The van der Waals surface area contributed by atoms with E-state index in [9.17, 15) is 14.4 Å². The van der Waals surface area contributed by atoms with Crippen LogP contribution in [0.25, 0.3) is 0 Å². The molecule has 1 aromatic carbocycles. The van der Waals surface area contributed by atoms with Gasteiger partial charge in [-0.15, -0.1) is 0 Å². The van der Waals surface area contributed by atoms with Crippen LogP contribution in [0.1, 0.15) is 46.9 Å². The molecule has 0 aromatic heterocycles. The third-order valence-corrected chi connectivity index (χ3v) is 3.23. The van der Waals surface area contributed by atoms with Gasteiger partial charge in [-0.3, -0.25) is 9.59 Å². The van der Waals surface area contributed by atoms with Gasteiger partial charge in [-0.2, -0.15) is 0 Å². The summed E-state index contributed by atoms with van der Waals surface area (Å²) in [4.78, 5) is 36.6. The first kappa shape index (κ1) is 17.7. The highest BCUT2D eigenvalue weighted by Gasteiger charge is 2.20. The van der Waals surface area contributed by atoms with E-state index in [0.717, 1.165) is 12.8 Å². The Kier molecular flexibility index (Phi) is 6.56. The summed E-state index contributed by atoms with van der Waals surface area (Å²) in [5, 5.41) is 11.6. The summed E-state index contributed by atoms with van der Waals surface area (Å²) in [7, 11) is 3.25. The maximum absolute atomic E-state index is 12.2. The quantitative estimate of drug-likeness (QED) is 0.803. The van der Waals surface area contributed by atoms with Crippen LogP contribution in [0.2, 0.25) is 0 Å². The summed E-state index contributed by atoms with van der Waals surface area (Å²) in [5.41, 5.74) is 0.661. The second-order valence-corrected chi connectivity index (χ2v) is 5.29. The van der Waals surface area contributed by atoms with E-state index in [1.807, 2.05) is 6.92 Å². The lowest BCUT2D eigenvalue weighted by atomic mass is 10.1. The number of aliphatic carboxylic acids is 1. The van der Waals surface area contributed by atoms with Crippen molar-refractivity contribution in [3.8, 4) is 0 Å². The van der Waals surface area contributed by atoms with E-state index in [4.69, 9.17) is 5.11 Å². The number of unbranched alkanes of at least 4 members (excludes halogenated alkanes) is 1. The zero-order chi connectivity index (χ0) is 16.7. The van der Waals surface area contributed by atoms with Gasteiger partial charge in [0.25, 0.3) is 11.8 Å². The van der Waals surface area contributed by atoms with E-state index in [0.29, 0.717) is 12.0 Å². The highest BCUT2D eigenvalue weighted by Crippen LogP contribution is 2.09. The number of carbonyl (C=O) groups excluding carboxylic acids is 2. The first-order valence-corrected chi connectivity index (χ1v) is 7.22. The fraction of sp³-hybridized carbons (Fsp3) is 0.438. The first-order valence-electron chi connectivity index (χ1n) is 7.22. The van der Waals surface area contributed by atoms with Gasteiger partial charge < -0.3 is 15.3 Å². The topological polar surface area (TPSA) is 86.7 Å². The van der Waals surface area contributed by atoms with Crippen LogP contribution in [0, 0.1) is 0 Å². The summed E-state index contributed by atoms with van der Waals surface area (Å²) in [6.45, 7) is 1.96. The third kappa shape index (κ3) is 4.87. The van der Waals surface area contributed by atoms with Crippen molar-refractivity contribution in [1.29, 1.82) is 0 Å². The summed E-state index contributed by atoms with van der Waals surface area (Å²) in [5.74, 6) is -1.75. The van der Waals surface area contributed by atoms with Crippen LogP contribution in [-0.2, 0) is 4.79 Å². The molecule has 0 unspecified atom stereocenters. The molecule has 120 valence electrons. The lowest BCUT2D eigenvalue weighted by Crippen LogP contribution is -2.40. The summed E-state index contributed by atoms with van der Waals surface area (Å²) in [6, 6.07) is 5.33. The van der Waals surface area contributed by atoms with Crippen LogP contribution in [0.4, 0.5) is 0 Å². The van der Waals surface area contributed by atoms with Crippen LogP contribution in [-0.4, -0.2) is 47.9 Å². The number of hydrogen-bond acceptors (Lipinski definition) is 3. The molecular weight excluding hydrogens is 284 g/mol. The highest BCUT2D eigenvalue weighted by atomic mass is 16.4. The van der Waals surface area contributed by atoms with Crippen molar-refractivity contribution in [3.63, 3.8) is 0 Å². The smallest absolute Gasteiger partial charge is 0.326 e. The van der Waals surface area contributed by atoms with Crippen molar-refractivity contribution in [1.82, 2.24) is 10.2 Å². The van der Waals surface area contributed by atoms with Crippen LogP contribution >= 0.6 is 0 Å². The van der Waals surface area contributed by atoms with Gasteiger partial charge in [0.15, 0.2) is 0 Å². The molecule has 0 radical (unpaired) electrons. The van der Waals surface area contributed by atoms with Crippen LogP contribution < -0.4 is 5.32 Å². The van der Waals surface area contributed by atoms with Crippen molar-refractivity contribution in [2.24, 2.45) is 0 Å². The van der Waals surface area contributed by atoms with Crippen LogP contribution in [0.15, 0.2) is 24.3 Å². The molecule has 0 aliphatic carbocycles. The number of rotatable bonds is 7. The number of amides is 2. The van der Waals surface area contributed by atoms with Gasteiger partial charge in [-0.25, -0.2) is 4.79 Å². The Hall–Kier alpha value is -2.37. The minimum atomic E-state index is -1.05. The molecule has 1 atom stereocenters. The first-order chi connectivity index (χ1) is 10.4. The van der Waals surface area contributed by atoms with E-state index in [1.54, 1.807) is 32.3 Å². The number of carbonyl (C=O) groups is 3. The molecule has 1 rings (SSSR count). The SMILES string of the molecule is CCCC[C@H](NC(=O)c1cccc(C(=O)N(C)C)c1)C(=O)O. The Labute approximate surface area is 130 Å². The molecule has 2 amide bonds. The molecule has 0 aliphatic rings. The summed E-state index contributed by atoms with van der Waals surface area (Å²) in [6.07, 6.45) is 1.96. The number of nitrogens with one attached hydrogen (secondary N) is 1. The largest absolute Gasteiger partial charge is 0.480 e. The number of carboxylic acid groups (broad SMARTS) is 1. The van der Waals surface area contributed by atoms with Crippen LogP contribution in [0.3, 0.4) is 0 Å². The molecule has 0 heterocycles. The minimum absolute atomic E-state index is 0.213. The van der Waals surface area contributed by atoms with Gasteiger partial charge in [-0.05, 0) is 24.6 Å². The Balaban J connectivity index is 2.86. The standard InChI is InChI=1S/C16H22N2O4/c1-4-5-9-13(16(21)22)17-14(19)11-7-6-8-12(10-11)15(20)18(2)3/h6-8,10,13H,4-5,9H2,1-3H3,(H,17,19)(H,21,22)/t13-/m0/s1. The summed E-state index contributed by atoms with van der Waals surface area (Å²) < 4.78 is 0. The fourth-order valence-corrected chi connectivity index (χ4v) is 1.96. The zero-order valence-electron chi connectivity index (χ0n) is 13.1. The monoisotopic (exact) mass is 306 g/mol. The number of carboxylic acids is 1. The van der Waals surface area contributed by atoms with Gasteiger partial charge in [-0.1, -0.05) is 25.8 Å². The van der Waals surface area contributed by atoms with E-state index >= 15 is 0 Å². The van der Waals surface area contributed by atoms with Gasteiger partial charge >= 0.3 is 5.97 Å². The van der Waals surface area contributed by atoms with Gasteiger partial charge in [0.2, 0.25) is 0 Å². The second kappa shape index (κ2) is 8.17. The van der Waals surface area contributed by atoms with Crippen molar-refractivity contribution in [3.05, 3.63) is 35.4 Å². The molecule has 0 spiro atoms. The fourth-order valence-electron chi connectivity index (χ4n) is 1.96. The Morgan fingerprint density at radius 2 is 1.86 bits per heavy atom. The van der Waals surface area contributed by atoms with Crippen molar-refractivity contribution in [2.45, 2.75) is 32.2 Å². The molecule has 0 saturated carbocycles. The maximum atomic E-state index is 12.2. The number of benzene rings is 1. The molecule has 0 fully saturated rings. The average molecular weight is 306 g/mol. The molecule has 6 heteroatoms. The molecule has 22 heavy (non-hydrogen) atoms. The van der Waals surface area contributed by atoms with Gasteiger partial charge in [0.05, 0.1) is 0 Å².